The molecule has 0 spiro atoms. The molecule has 0 amide bonds. The number of carbonyl (C=O) groups excluding carboxylic acids is 1. The highest BCUT2D eigenvalue weighted by Crippen LogP contribution is 2.29. The van der Waals surface area contributed by atoms with Crippen molar-refractivity contribution in [2.45, 2.75) is 26.3 Å². The highest BCUT2D eigenvalue weighted by molar-refractivity contribution is 5.99. The van der Waals surface area contributed by atoms with Crippen molar-refractivity contribution >= 4 is 11.5 Å². The van der Waals surface area contributed by atoms with Crippen molar-refractivity contribution in [3.8, 4) is 0 Å². The van der Waals surface area contributed by atoms with Crippen LogP contribution >= 0.6 is 0 Å². The summed E-state index contributed by atoms with van der Waals surface area (Å²) in [6, 6.07) is 13.0. The monoisotopic (exact) mass is 283 g/mol. The molecule has 2 nitrogen and oxygen atoms in total. The maximum atomic E-state index is 14.3. The lowest BCUT2D eigenvalue weighted by Crippen LogP contribution is -2.25. The van der Waals surface area contributed by atoms with Crippen LogP contribution in [0.1, 0.15) is 34.8 Å². The molecule has 2 aromatic carbocycles. The predicted octanol–water partition coefficient (Wildman–Crippen LogP) is 3.98. The normalized spacial score (nSPS) is 14.5. The molecule has 0 fully saturated rings. The van der Waals surface area contributed by atoms with Gasteiger partial charge in [-0.05, 0) is 43.0 Å². The summed E-state index contributed by atoms with van der Waals surface area (Å²) in [5.74, 6) is -0.413. The first-order valence-electron chi connectivity index (χ1n) is 7.28. The zero-order valence-corrected chi connectivity index (χ0v) is 12.1. The number of aryl methyl sites for hydroxylation is 1. The summed E-state index contributed by atoms with van der Waals surface area (Å²) < 4.78 is 14.3. The summed E-state index contributed by atoms with van der Waals surface area (Å²) >= 11 is 0. The second-order valence-electron chi connectivity index (χ2n) is 5.49. The van der Waals surface area contributed by atoms with Crippen LogP contribution in [-0.2, 0) is 13.0 Å². The number of halogens is 1. The number of carbonyl (C=O) groups is 1. The summed E-state index contributed by atoms with van der Waals surface area (Å²) in [6.45, 7) is 2.90. The van der Waals surface area contributed by atoms with E-state index in [9.17, 15) is 9.18 Å². The fraction of sp³-hybridized carbons (Fsp3) is 0.278. The molecule has 0 atom stereocenters. The van der Waals surface area contributed by atoms with Crippen LogP contribution in [0.3, 0.4) is 0 Å². The quantitative estimate of drug-likeness (QED) is 0.777. The van der Waals surface area contributed by atoms with Crippen LogP contribution in [0.2, 0.25) is 0 Å². The van der Waals surface area contributed by atoms with Gasteiger partial charge in [-0.2, -0.15) is 0 Å². The van der Waals surface area contributed by atoms with Crippen molar-refractivity contribution in [2.75, 3.05) is 11.4 Å². The summed E-state index contributed by atoms with van der Waals surface area (Å²) in [6.07, 6.45) is 1.96. The molecule has 1 aliphatic rings. The lowest BCUT2D eigenvalue weighted by Gasteiger charge is -2.25. The third-order valence-electron chi connectivity index (χ3n) is 4.04. The van der Waals surface area contributed by atoms with Gasteiger partial charge in [0.1, 0.15) is 5.82 Å². The second-order valence-corrected chi connectivity index (χ2v) is 5.49. The molecule has 3 rings (SSSR count). The highest BCUT2D eigenvalue weighted by Gasteiger charge is 2.21. The molecule has 0 radical (unpaired) electrons. The Labute approximate surface area is 124 Å². The van der Waals surface area contributed by atoms with E-state index in [0.29, 0.717) is 17.8 Å². The van der Waals surface area contributed by atoms with Gasteiger partial charge in [0.15, 0.2) is 5.78 Å². The van der Waals surface area contributed by atoms with Gasteiger partial charge in [0.05, 0.1) is 5.69 Å². The molecule has 1 aliphatic heterocycles. The molecule has 0 aliphatic carbocycles. The van der Waals surface area contributed by atoms with E-state index in [-0.39, 0.29) is 11.6 Å². The largest absolute Gasteiger partial charge is 0.364 e. The zero-order valence-electron chi connectivity index (χ0n) is 12.1. The first-order valence-corrected chi connectivity index (χ1v) is 7.28. The van der Waals surface area contributed by atoms with Gasteiger partial charge in [-0.15, -0.1) is 0 Å². The lowest BCUT2D eigenvalue weighted by atomic mass is 10.0. The number of benzene rings is 2. The number of Topliss-reactive ketones (excluding diaryl/α,β-unsaturated/α-hetero) is 1. The van der Waals surface area contributed by atoms with Crippen LogP contribution in [0.25, 0.3) is 0 Å². The Morgan fingerprint density at radius 3 is 2.62 bits per heavy atom. The van der Waals surface area contributed by atoms with E-state index in [4.69, 9.17) is 0 Å². The van der Waals surface area contributed by atoms with Gasteiger partial charge in [0, 0.05) is 18.7 Å². The number of anilines is 1. The third-order valence-corrected chi connectivity index (χ3v) is 4.04. The van der Waals surface area contributed by atoms with E-state index in [0.717, 1.165) is 19.4 Å². The van der Waals surface area contributed by atoms with E-state index >= 15 is 0 Å². The molecule has 0 aromatic heterocycles. The second kappa shape index (κ2) is 5.68. The van der Waals surface area contributed by atoms with Gasteiger partial charge in [0.25, 0.3) is 0 Å². The SMILES string of the molecule is CC(=O)c1cccc(F)c1N1CCCc2ccccc2C1. The number of hydrogen-bond donors (Lipinski definition) is 0. The number of nitrogens with zero attached hydrogens (tertiary/aromatic N) is 1. The molecule has 0 unspecified atom stereocenters. The minimum absolute atomic E-state index is 0.0953. The van der Waals surface area contributed by atoms with Crippen molar-refractivity contribution in [3.63, 3.8) is 0 Å². The third kappa shape index (κ3) is 2.68. The van der Waals surface area contributed by atoms with E-state index < -0.39 is 0 Å². The highest BCUT2D eigenvalue weighted by atomic mass is 19.1. The predicted molar refractivity (Wildman–Crippen MR) is 82.2 cm³/mol. The Balaban J connectivity index is 2.04. The van der Waals surface area contributed by atoms with E-state index in [1.165, 1.54) is 24.1 Å². The van der Waals surface area contributed by atoms with E-state index in [1.54, 1.807) is 12.1 Å². The van der Waals surface area contributed by atoms with Crippen LogP contribution in [0.4, 0.5) is 10.1 Å². The fourth-order valence-corrected chi connectivity index (χ4v) is 3.01. The summed E-state index contributed by atoms with van der Waals surface area (Å²) in [4.78, 5) is 13.8. The Kier molecular flexibility index (Phi) is 3.74. The Morgan fingerprint density at radius 2 is 1.86 bits per heavy atom. The number of rotatable bonds is 2. The van der Waals surface area contributed by atoms with Crippen LogP contribution < -0.4 is 4.90 Å². The molecule has 21 heavy (non-hydrogen) atoms. The first-order chi connectivity index (χ1) is 10.2. The lowest BCUT2D eigenvalue weighted by molar-refractivity contribution is 0.101. The van der Waals surface area contributed by atoms with Crippen LogP contribution in [0.15, 0.2) is 42.5 Å². The maximum Gasteiger partial charge on any atom is 0.161 e. The number of para-hydroxylation sites is 1. The van der Waals surface area contributed by atoms with Crippen LogP contribution in [-0.4, -0.2) is 12.3 Å². The van der Waals surface area contributed by atoms with Crippen molar-refractivity contribution in [2.24, 2.45) is 0 Å². The van der Waals surface area contributed by atoms with Crippen molar-refractivity contribution < 1.29 is 9.18 Å². The average Bonchev–Trinajstić information content (AvgIpc) is 2.68. The van der Waals surface area contributed by atoms with Crippen molar-refractivity contribution in [1.29, 1.82) is 0 Å². The first kappa shape index (κ1) is 13.8. The molecule has 0 saturated carbocycles. The summed E-state index contributed by atoms with van der Waals surface area (Å²) in [5.41, 5.74) is 3.45. The number of hydrogen-bond acceptors (Lipinski definition) is 2. The summed E-state index contributed by atoms with van der Waals surface area (Å²) in [7, 11) is 0. The maximum absolute atomic E-state index is 14.3. The van der Waals surface area contributed by atoms with Gasteiger partial charge in [0.2, 0.25) is 0 Å². The fourth-order valence-electron chi connectivity index (χ4n) is 3.01. The molecule has 0 bridgehead atoms. The standard InChI is InChI=1S/C18H18FNO/c1-13(21)16-9-4-10-17(19)18(16)20-11-5-8-14-6-2-3-7-15(14)12-20/h2-4,6-7,9-10H,5,8,11-12H2,1H3. The molecule has 0 N–H and O–H groups in total. The van der Waals surface area contributed by atoms with Gasteiger partial charge >= 0.3 is 0 Å². The van der Waals surface area contributed by atoms with Crippen LogP contribution in [0, 0.1) is 5.82 Å². The van der Waals surface area contributed by atoms with Gasteiger partial charge < -0.3 is 4.90 Å². The van der Waals surface area contributed by atoms with E-state index in [2.05, 4.69) is 12.1 Å². The summed E-state index contributed by atoms with van der Waals surface area (Å²) in [5, 5.41) is 0. The molecular formula is C18H18FNO. The van der Waals surface area contributed by atoms with Crippen LogP contribution in [0.5, 0.6) is 0 Å². The number of fused-ring (bicyclic) bond motifs is 1. The topological polar surface area (TPSA) is 20.3 Å². The van der Waals surface area contributed by atoms with Crippen molar-refractivity contribution in [1.82, 2.24) is 0 Å². The Hall–Kier alpha value is -2.16. The smallest absolute Gasteiger partial charge is 0.161 e. The Morgan fingerprint density at radius 1 is 1.10 bits per heavy atom. The van der Waals surface area contributed by atoms with Gasteiger partial charge in [-0.1, -0.05) is 30.3 Å². The molecule has 2 aromatic rings. The molecule has 3 heteroatoms. The zero-order chi connectivity index (χ0) is 14.8. The molecule has 1 heterocycles. The van der Waals surface area contributed by atoms with E-state index in [1.807, 2.05) is 17.0 Å². The molecular weight excluding hydrogens is 265 g/mol. The molecule has 0 saturated heterocycles. The minimum Gasteiger partial charge on any atom is -0.364 e. The van der Waals surface area contributed by atoms with Gasteiger partial charge in [-0.25, -0.2) is 4.39 Å². The Bertz CT molecular complexity index is 681. The average molecular weight is 283 g/mol. The van der Waals surface area contributed by atoms with Crippen molar-refractivity contribution in [3.05, 3.63) is 65.0 Å². The molecule has 108 valence electrons. The minimum atomic E-state index is -0.318. The van der Waals surface area contributed by atoms with Gasteiger partial charge in [-0.3, -0.25) is 4.79 Å². The number of ketones is 1.